The molecule has 2 atom stereocenters. The molecule has 152 valence electrons. The molecular weight excluding hydrogens is 340 g/mol. The van der Waals surface area contributed by atoms with Crippen molar-refractivity contribution in [2.24, 2.45) is 0 Å². The quantitative estimate of drug-likeness (QED) is 0.358. The lowest BCUT2D eigenvalue weighted by atomic mass is 10.00. The molecule has 4 nitrogen and oxygen atoms in total. The maximum absolute atomic E-state index is 5.62. The molecule has 27 heavy (non-hydrogen) atoms. The zero-order valence-electron chi connectivity index (χ0n) is 18.4. The van der Waals surface area contributed by atoms with Crippen LogP contribution < -0.4 is 0 Å². The van der Waals surface area contributed by atoms with Gasteiger partial charge in [0.05, 0.1) is 11.2 Å². The van der Waals surface area contributed by atoms with E-state index in [1.807, 2.05) is 48.5 Å². The summed E-state index contributed by atoms with van der Waals surface area (Å²) in [6.45, 7) is 17.7. The van der Waals surface area contributed by atoms with Crippen molar-refractivity contribution in [3.05, 3.63) is 34.9 Å². The lowest BCUT2D eigenvalue weighted by Gasteiger charge is -2.21. The van der Waals surface area contributed by atoms with E-state index < -0.39 is 5.60 Å². The van der Waals surface area contributed by atoms with Gasteiger partial charge in [0.25, 0.3) is 0 Å². The summed E-state index contributed by atoms with van der Waals surface area (Å²) >= 11 is 0. The number of hydrogen-bond acceptors (Lipinski definition) is 4. The van der Waals surface area contributed by atoms with Crippen LogP contribution >= 0.6 is 0 Å². The Morgan fingerprint density at radius 3 is 2.07 bits per heavy atom. The monoisotopic (exact) mass is 376 g/mol. The van der Waals surface area contributed by atoms with Gasteiger partial charge in [-0.25, -0.2) is 19.6 Å². The van der Waals surface area contributed by atoms with Gasteiger partial charge in [0.1, 0.15) is 0 Å². The standard InChI is InChI=1S/C23H36O4/c1-17-10-11-18(2)20(16-17)13-15-21(25-27-23(7,8)9)14-12-19(3)24-26-22(4,5)6/h10-11,16,19,21H,13,15H2,1-9H3. The average Bonchev–Trinajstić information content (AvgIpc) is 2.53. The number of benzene rings is 1. The molecule has 1 aromatic carbocycles. The van der Waals surface area contributed by atoms with Crippen molar-refractivity contribution in [2.45, 2.75) is 98.6 Å². The molecule has 0 saturated heterocycles. The molecule has 0 radical (unpaired) electrons. The SMILES string of the molecule is Cc1ccc(C)c(CCC(C#CC(C)OOC(C)(C)C)OOC(C)(C)C)c1. The zero-order chi connectivity index (χ0) is 20.7. The van der Waals surface area contributed by atoms with Crippen LogP contribution in [-0.2, 0) is 26.0 Å². The molecule has 0 aromatic heterocycles. The van der Waals surface area contributed by atoms with Gasteiger partial charge < -0.3 is 0 Å². The summed E-state index contributed by atoms with van der Waals surface area (Å²) in [6, 6.07) is 6.49. The fourth-order valence-electron chi connectivity index (χ4n) is 2.15. The van der Waals surface area contributed by atoms with E-state index in [2.05, 4.69) is 43.9 Å². The fourth-order valence-corrected chi connectivity index (χ4v) is 2.15. The van der Waals surface area contributed by atoms with Crippen LogP contribution in [-0.4, -0.2) is 23.4 Å². The highest BCUT2D eigenvalue weighted by molar-refractivity contribution is 5.30. The van der Waals surface area contributed by atoms with Crippen LogP contribution in [0.25, 0.3) is 0 Å². The van der Waals surface area contributed by atoms with Crippen molar-refractivity contribution in [1.82, 2.24) is 0 Å². The van der Waals surface area contributed by atoms with Crippen LogP contribution in [0.5, 0.6) is 0 Å². The molecule has 0 saturated carbocycles. The van der Waals surface area contributed by atoms with E-state index in [0.29, 0.717) is 0 Å². The zero-order valence-corrected chi connectivity index (χ0v) is 18.4. The molecule has 0 fully saturated rings. The minimum absolute atomic E-state index is 0.343. The summed E-state index contributed by atoms with van der Waals surface area (Å²) in [5, 5.41) is 0. The van der Waals surface area contributed by atoms with Crippen LogP contribution in [0.1, 0.15) is 71.6 Å². The molecule has 0 amide bonds. The van der Waals surface area contributed by atoms with Crippen molar-refractivity contribution in [3.63, 3.8) is 0 Å². The number of rotatable bonds is 7. The summed E-state index contributed by atoms with van der Waals surface area (Å²) < 4.78 is 0. The van der Waals surface area contributed by atoms with E-state index in [9.17, 15) is 0 Å². The van der Waals surface area contributed by atoms with Gasteiger partial charge in [0.2, 0.25) is 0 Å². The molecule has 0 bridgehead atoms. The summed E-state index contributed by atoms with van der Waals surface area (Å²) in [4.78, 5) is 21.8. The normalized spacial score (nSPS) is 14.4. The van der Waals surface area contributed by atoms with Crippen LogP contribution in [0.2, 0.25) is 0 Å². The third-order valence-corrected chi connectivity index (χ3v) is 3.48. The van der Waals surface area contributed by atoms with Gasteiger partial charge in [0, 0.05) is 0 Å². The van der Waals surface area contributed by atoms with Crippen LogP contribution in [0.3, 0.4) is 0 Å². The Hall–Kier alpha value is -1.38. The van der Waals surface area contributed by atoms with E-state index in [4.69, 9.17) is 19.6 Å². The van der Waals surface area contributed by atoms with Crippen LogP contribution in [0.15, 0.2) is 18.2 Å². The third-order valence-electron chi connectivity index (χ3n) is 3.48. The van der Waals surface area contributed by atoms with Crippen LogP contribution in [0, 0.1) is 25.7 Å². The maximum atomic E-state index is 5.62. The Balaban J connectivity index is 2.75. The predicted molar refractivity (Wildman–Crippen MR) is 109 cm³/mol. The minimum Gasteiger partial charge on any atom is -0.230 e. The smallest absolute Gasteiger partial charge is 0.153 e. The Kier molecular flexibility index (Phi) is 8.98. The van der Waals surface area contributed by atoms with Gasteiger partial charge >= 0.3 is 0 Å². The summed E-state index contributed by atoms with van der Waals surface area (Å²) in [7, 11) is 0. The Bertz CT molecular complexity index is 641. The van der Waals surface area contributed by atoms with Crippen molar-refractivity contribution in [2.75, 3.05) is 0 Å². The maximum Gasteiger partial charge on any atom is 0.153 e. The first kappa shape index (κ1) is 23.7. The Morgan fingerprint density at radius 1 is 0.889 bits per heavy atom. The number of hydrogen-bond donors (Lipinski definition) is 0. The van der Waals surface area contributed by atoms with E-state index >= 15 is 0 Å². The van der Waals surface area contributed by atoms with E-state index in [1.54, 1.807) is 0 Å². The topological polar surface area (TPSA) is 36.9 Å². The minimum atomic E-state index is -0.392. The van der Waals surface area contributed by atoms with Gasteiger partial charge in [-0.2, -0.15) is 0 Å². The molecule has 4 heteroatoms. The van der Waals surface area contributed by atoms with Gasteiger partial charge in [-0.1, -0.05) is 35.6 Å². The van der Waals surface area contributed by atoms with Crippen LogP contribution in [0.4, 0.5) is 0 Å². The lowest BCUT2D eigenvalue weighted by Crippen LogP contribution is -2.25. The Morgan fingerprint density at radius 2 is 1.48 bits per heavy atom. The highest BCUT2D eigenvalue weighted by atomic mass is 17.2. The molecule has 0 aliphatic carbocycles. The lowest BCUT2D eigenvalue weighted by molar-refractivity contribution is -0.364. The van der Waals surface area contributed by atoms with Gasteiger partial charge in [-0.15, -0.1) is 0 Å². The molecule has 1 rings (SSSR count). The van der Waals surface area contributed by atoms with Gasteiger partial charge in [-0.05, 0) is 86.3 Å². The summed E-state index contributed by atoms with van der Waals surface area (Å²) in [6.07, 6.45) is 0.907. The highest BCUT2D eigenvalue weighted by Crippen LogP contribution is 2.17. The molecule has 0 heterocycles. The van der Waals surface area contributed by atoms with Crippen molar-refractivity contribution >= 4 is 0 Å². The molecule has 0 spiro atoms. The Labute approximate surface area is 165 Å². The van der Waals surface area contributed by atoms with E-state index in [-0.39, 0.29) is 17.8 Å². The van der Waals surface area contributed by atoms with Crippen molar-refractivity contribution in [1.29, 1.82) is 0 Å². The largest absolute Gasteiger partial charge is 0.230 e. The van der Waals surface area contributed by atoms with Crippen molar-refractivity contribution < 1.29 is 19.6 Å². The average molecular weight is 377 g/mol. The predicted octanol–water partition coefficient (Wildman–Crippen LogP) is 5.49. The van der Waals surface area contributed by atoms with Gasteiger partial charge in [0.15, 0.2) is 12.2 Å². The number of aryl methyl sites for hydroxylation is 3. The highest BCUT2D eigenvalue weighted by Gasteiger charge is 2.17. The third kappa shape index (κ3) is 11.1. The summed E-state index contributed by atoms with van der Waals surface area (Å²) in [5.41, 5.74) is 3.08. The van der Waals surface area contributed by atoms with E-state index in [0.717, 1.165) is 12.8 Å². The second-order valence-electron chi connectivity index (χ2n) is 8.97. The first-order chi connectivity index (χ1) is 12.4. The first-order valence-electron chi connectivity index (χ1n) is 9.62. The van der Waals surface area contributed by atoms with Crippen molar-refractivity contribution in [3.8, 4) is 11.8 Å². The molecule has 0 aliphatic heterocycles. The molecule has 0 N–H and O–H groups in total. The second-order valence-corrected chi connectivity index (χ2v) is 8.97. The summed E-state index contributed by atoms with van der Waals surface area (Å²) in [5.74, 6) is 6.18. The molecular formula is C23H36O4. The molecule has 1 aromatic rings. The molecule has 0 aliphatic rings. The second kappa shape index (κ2) is 10.2. The van der Waals surface area contributed by atoms with E-state index in [1.165, 1.54) is 16.7 Å². The molecule has 2 unspecified atom stereocenters. The fraction of sp³-hybridized carbons (Fsp3) is 0.652. The first-order valence-corrected chi connectivity index (χ1v) is 9.62. The van der Waals surface area contributed by atoms with Gasteiger partial charge in [-0.3, -0.25) is 0 Å².